The van der Waals surface area contributed by atoms with E-state index in [0.29, 0.717) is 41.2 Å². The van der Waals surface area contributed by atoms with Crippen molar-refractivity contribution in [2.75, 3.05) is 13.7 Å². The number of allylic oxidation sites excluding steroid dienone is 2. The molecule has 0 amide bonds. The maximum Gasteiger partial charge on any atom is 0.330 e. The van der Waals surface area contributed by atoms with Gasteiger partial charge in [0.2, 0.25) is 0 Å². The second-order valence-electron chi connectivity index (χ2n) is 18.2. The molecule has 1 N–H and O–H groups in total. The number of methoxy groups -OCH3 is 1. The standard InChI is InChI=1S/C44H60O9/c1-26-16-21-44(39(48)49)23-22-42(7)31(38(44)27(26)2)12-14-35-40(5)19-18-36(53-29(4)46)41(6,34(40)17-20-43(35,42)8)25-51-37(47)15-11-30-10-13-32(52-28(3)45)33(24-30)50-9/h10-13,15,24,26-27,34-36,38H,14,16-23,25H2,1-9H3,(H,48,49)/b15-11+/t26-,27+,34-,35-,36+,38+,40+,41-,42-,43-,44+/m1/s1. The van der Waals surface area contributed by atoms with Crippen LogP contribution in [0.5, 0.6) is 11.5 Å². The normalized spacial score (nSPS) is 40.4. The van der Waals surface area contributed by atoms with Crippen molar-refractivity contribution in [3.05, 3.63) is 41.5 Å². The highest BCUT2D eigenvalue weighted by Crippen LogP contribution is 2.76. The Labute approximate surface area is 315 Å². The van der Waals surface area contributed by atoms with E-state index in [1.54, 1.807) is 24.3 Å². The summed E-state index contributed by atoms with van der Waals surface area (Å²) in [4.78, 5) is 50.3. The number of carboxylic acid groups (broad SMARTS) is 1. The topological polar surface area (TPSA) is 125 Å². The first-order chi connectivity index (χ1) is 24.9. The third-order valence-corrected chi connectivity index (χ3v) is 15.8. The molecule has 53 heavy (non-hydrogen) atoms. The fourth-order valence-corrected chi connectivity index (χ4v) is 12.7. The van der Waals surface area contributed by atoms with E-state index in [2.05, 4.69) is 47.6 Å². The molecule has 5 aliphatic carbocycles. The first-order valence-electron chi connectivity index (χ1n) is 19.7. The number of carbonyl (C=O) groups is 4. The van der Waals surface area contributed by atoms with Crippen LogP contribution in [0, 0.1) is 56.7 Å². The van der Waals surface area contributed by atoms with E-state index in [1.807, 2.05) is 0 Å². The number of hydrogen-bond acceptors (Lipinski definition) is 8. The van der Waals surface area contributed by atoms with Gasteiger partial charge in [0.15, 0.2) is 11.5 Å². The van der Waals surface area contributed by atoms with Crippen molar-refractivity contribution >= 4 is 30.0 Å². The molecule has 0 saturated heterocycles. The van der Waals surface area contributed by atoms with Gasteiger partial charge in [0, 0.05) is 25.3 Å². The number of hydrogen-bond donors (Lipinski definition) is 1. The lowest BCUT2D eigenvalue weighted by molar-refractivity contribution is -0.226. The van der Waals surface area contributed by atoms with Crippen LogP contribution >= 0.6 is 0 Å². The lowest BCUT2D eigenvalue weighted by Crippen LogP contribution is -2.66. The van der Waals surface area contributed by atoms with Crippen molar-refractivity contribution in [3.63, 3.8) is 0 Å². The fourth-order valence-electron chi connectivity index (χ4n) is 12.7. The van der Waals surface area contributed by atoms with Crippen molar-refractivity contribution in [2.45, 2.75) is 119 Å². The Morgan fingerprint density at radius 1 is 0.887 bits per heavy atom. The number of fused-ring (bicyclic) bond motifs is 7. The first-order valence-corrected chi connectivity index (χ1v) is 19.7. The molecule has 5 aliphatic rings. The minimum Gasteiger partial charge on any atom is -0.493 e. The van der Waals surface area contributed by atoms with Gasteiger partial charge in [-0.25, -0.2) is 4.79 Å². The van der Waals surface area contributed by atoms with Crippen LogP contribution in [-0.2, 0) is 28.7 Å². The summed E-state index contributed by atoms with van der Waals surface area (Å²) in [5.74, 6) is 0.0814. The van der Waals surface area contributed by atoms with Gasteiger partial charge in [-0.2, -0.15) is 0 Å². The van der Waals surface area contributed by atoms with Crippen molar-refractivity contribution in [1.29, 1.82) is 0 Å². The van der Waals surface area contributed by atoms with Gasteiger partial charge in [0.1, 0.15) is 12.7 Å². The molecular weight excluding hydrogens is 672 g/mol. The number of aliphatic carboxylic acids is 1. The molecule has 9 heteroatoms. The predicted molar refractivity (Wildman–Crippen MR) is 201 cm³/mol. The SMILES string of the molecule is COc1cc(/C=C/C(=O)OC[C@]2(C)[C@@H]3CC[C@]4(C)[C@H](CC=C5[C@@H]6[C@@H](C)[C@H](C)CC[C@]6(C(=O)O)CC[C@]54C)[C@@]3(C)CC[C@@H]2OC(C)=O)ccc1OC(C)=O. The summed E-state index contributed by atoms with van der Waals surface area (Å²) < 4.78 is 22.6. The zero-order valence-corrected chi connectivity index (χ0v) is 33.2. The molecule has 1 aromatic rings. The van der Waals surface area contributed by atoms with Crippen LogP contribution in [0.1, 0.15) is 119 Å². The van der Waals surface area contributed by atoms with E-state index in [0.717, 1.165) is 51.4 Å². The third kappa shape index (κ3) is 6.22. The molecule has 11 atom stereocenters. The molecule has 0 spiro atoms. The van der Waals surface area contributed by atoms with Crippen molar-refractivity contribution in [3.8, 4) is 11.5 Å². The summed E-state index contributed by atoms with van der Waals surface area (Å²) in [7, 11) is 1.48. The molecule has 9 nitrogen and oxygen atoms in total. The summed E-state index contributed by atoms with van der Waals surface area (Å²) >= 11 is 0. The van der Waals surface area contributed by atoms with E-state index in [9.17, 15) is 24.3 Å². The van der Waals surface area contributed by atoms with Gasteiger partial charge in [0.05, 0.1) is 12.5 Å². The number of esters is 3. The molecule has 290 valence electrons. The number of ether oxygens (including phenoxy) is 4. The molecule has 6 rings (SSSR count). The Morgan fingerprint density at radius 3 is 2.28 bits per heavy atom. The van der Waals surface area contributed by atoms with Crippen LogP contribution in [0.25, 0.3) is 6.08 Å². The van der Waals surface area contributed by atoms with E-state index in [1.165, 1.54) is 32.6 Å². The Morgan fingerprint density at radius 2 is 1.62 bits per heavy atom. The summed E-state index contributed by atoms with van der Waals surface area (Å²) in [6.07, 6.45) is 12.8. The molecular formula is C44H60O9. The van der Waals surface area contributed by atoms with Crippen LogP contribution in [0.2, 0.25) is 0 Å². The summed E-state index contributed by atoms with van der Waals surface area (Å²) in [6.45, 7) is 17.0. The molecule has 0 radical (unpaired) electrons. The van der Waals surface area contributed by atoms with Gasteiger partial charge in [-0.1, -0.05) is 59.3 Å². The van der Waals surface area contributed by atoms with Gasteiger partial charge in [0.25, 0.3) is 0 Å². The van der Waals surface area contributed by atoms with Gasteiger partial charge < -0.3 is 24.1 Å². The summed E-state index contributed by atoms with van der Waals surface area (Å²) in [6, 6.07) is 5.02. The first kappa shape index (κ1) is 39.1. The molecule has 0 unspecified atom stereocenters. The number of carbonyl (C=O) groups excluding carboxylic acids is 3. The van der Waals surface area contributed by atoms with Crippen LogP contribution in [0.4, 0.5) is 0 Å². The molecule has 0 aromatic heterocycles. The minimum atomic E-state index is -0.681. The second-order valence-corrected chi connectivity index (χ2v) is 18.2. The molecule has 0 aliphatic heterocycles. The Bertz CT molecular complexity index is 1710. The zero-order chi connectivity index (χ0) is 38.7. The van der Waals surface area contributed by atoms with Gasteiger partial charge in [-0.15, -0.1) is 0 Å². The lowest BCUT2D eigenvalue weighted by atomic mass is 9.33. The Kier molecular flexibility index (Phi) is 10.3. The van der Waals surface area contributed by atoms with Gasteiger partial charge in [-0.3, -0.25) is 14.4 Å². The predicted octanol–water partition coefficient (Wildman–Crippen LogP) is 8.83. The maximum atomic E-state index is 13.3. The summed E-state index contributed by atoms with van der Waals surface area (Å²) in [5.41, 5.74) is 0.531. The highest BCUT2D eigenvalue weighted by Gasteiger charge is 2.70. The Hall–Kier alpha value is -3.62. The lowest BCUT2D eigenvalue weighted by Gasteiger charge is -2.71. The average Bonchev–Trinajstić information content (AvgIpc) is 3.09. The molecule has 0 bridgehead atoms. The van der Waals surface area contributed by atoms with Crippen LogP contribution in [0.15, 0.2) is 35.9 Å². The highest BCUT2D eigenvalue weighted by molar-refractivity contribution is 5.87. The largest absolute Gasteiger partial charge is 0.493 e. The van der Waals surface area contributed by atoms with Crippen LogP contribution in [-0.4, -0.2) is 48.8 Å². The monoisotopic (exact) mass is 732 g/mol. The van der Waals surface area contributed by atoms with Crippen LogP contribution in [0.3, 0.4) is 0 Å². The second kappa shape index (κ2) is 13.9. The smallest absolute Gasteiger partial charge is 0.330 e. The van der Waals surface area contributed by atoms with E-state index < -0.39 is 34.8 Å². The molecule has 4 saturated carbocycles. The molecule has 4 fully saturated rings. The van der Waals surface area contributed by atoms with Crippen molar-refractivity contribution in [2.24, 2.45) is 56.7 Å². The average molecular weight is 733 g/mol. The number of benzene rings is 1. The number of rotatable bonds is 8. The van der Waals surface area contributed by atoms with Crippen molar-refractivity contribution in [1.82, 2.24) is 0 Å². The van der Waals surface area contributed by atoms with E-state index in [-0.39, 0.29) is 40.7 Å². The fraction of sp³-hybridized carbons (Fsp3) is 0.682. The van der Waals surface area contributed by atoms with Crippen molar-refractivity contribution < 1.29 is 43.2 Å². The molecule has 0 heterocycles. The quantitative estimate of drug-likeness (QED) is 0.121. The third-order valence-electron chi connectivity index (χ3n) is 15.8. The van der Waals surface area contributed by atoms with Gasteiger partial charge >= 0.3 is 23.9 Å². The maximum absolute atomic E-state index is 13.3. The van der Waals surface area contributed by atoms with E-state index >= 15 is 0 Å². The van der Waals surface area contributed by atoms with Crippen LogP contribution < -0.4 is 9.47 Å². The van der Waals surface area contributed by atoms with Gasteiger partial charge in [-0.05, 0) is 127 Å². The Balaban J connectivity index is 1.28. The minimum absolute atomic E-state index is 0.0337. The molecule has 1 aromatic carbocycles. The zero-order valence-electron chi connectivity index (χ0n) is 33.2. The number of carboxylic acids is 1. The van der Waals surface area contributed by atoms with E-state index in [4.69, 9.17) is 18.9 Å². The highest BCUT2D eigenvalue weighted by atomic mass is 16.6. The summed E-state index contributed by atoms with van der Waals surface area (Å²) in [5, 5.41) is 10.8.